The van der Waals surface area contributed by atoms with Crippen LogP contribution in [0.4, 0.5) is 13.2 Å². The molecule has 1 aliphatic heterocycles. The van der Waals surface area contributed by atoms with E-state index in [2.05, 4.69) is 5.09 Å². The number of ether oxygens (including phenoxy) is 2. The average molecular weight is 565 g/mol. The lowest BCUT2D eigenvalue weighted by Gasteiger charge is -2.30. The number of aliphatic hydroxyl groups excluding tert-OH is 1. The van der Waals surface area contributed by atoms with Crippen LogP contribution in [0.5, 0.6) is 5.75 Å². The minimum atomic E-state index is -4.80. The largest absolute Gasteiger partial charge is 0.462 e. The molecule has 0 spiro atoms. The van der Waals surface area contributed by atoms with Crippen LogP contribution in [0, 0.1) is 5.82 Å². The number of aromatic nitrogens is 2. The number of benzene rings is 1. The summed E-state index contributed by atoms with van der Waals surface area (Å²) in [6.07, 6.45) is -11.4. The van der Waals surface area contributed by atoms with Gasteiger partial charge in [0.15, 0.2) is 6.10 Å². The van der Waals surface area contributed by atoms with Crippen LogP contribution >= 0.6 is 7.75 Å². The van der Waals surface area contributed by atoms with Crippen LogP contribution < -0.4 is 20.9 Å². The highest BCUT2D eigenvalue weighted by Gasteiger charge is 2.49. The number of aromatic amines is 1. The summed E-state index contributed by atoms with van der Waals surface area (Å²) in [5.41, 5.74) is -2.41. The summed E-state index contributed by atoms with van der Waals surface area (Å²) < 4.78 is 77.3. The lowest BCUT2D eigenvalue weighted by Crippen LogP contribution is -2.44. The van der Waals surface area contributed by atoms with E-state index in [9.17, 15) is 37.2 Å². The Hall–Kier alpha value is -2.97. The van der Waals surface area contributed by atoms with Crippen LogP contribution in [-0.2, 0) is 23.4 Å². The van der Waals surface area contributed by atoms with Crippen LogP contribution in [0.15, 0.2) is 46.1 Å². The predicted molar refractivity (Wildman–Crippen MR) is 125 cm³/mol. The maximum atomic E-state index is 14.2. The van der Waals surface area contributed by atoms with Crippen LogP contribution in [0.1, 0.15) is 33.4 Å². The number of aliphatic hydroxyl groups is 1. The molecule has 38 heavy (non-hydrogen) atoms. The Morgan fingerprint density at radius 3 is 2.50 bits per heavy atom. The van der Waals surface area contributed by atoms with E-state index >= 15 is 0 Å². The SMILES string of the molecule is CC(C)OC(=O)[C@H](C)N[P@](=O)(Oc1ccccc1)O[C@H](C(F)F)[C@H]1O[C@@H](n2cc(F)c(=O)[nH]c2=O)CC1O. The summed E-state index contributed by atoms with van der Waals surface area (Å²) in [4.78, 5) is 37.3. The number of hydrogen-bond acceptors (Lipinski definition) is 9. The molecule has 12 nitrogen and oxygen atoms in total. The zero-order valence-electron chi connectivity index (χ0n) is 20.5. The Bertz CT molecular complexity index is 1270. The van der Waals surface area contributed by atoms with Crippen molar-refractivity contribution < 1.29 is 46.2 Å². The maximum Gasteiger partial charge on any atom is 0.460 e. The second-order valence-corrected chi connectivity index (χ2v) is 10.3. The number of nitrogens with one attached hydrogen (secondary N) is 2. The monoisotopic (exact) mass is 565 g/mol. The van der Waals surface area contributed by atoms with E-state index in [4.69, 9.17) is 18.5 Å². The molecule has 3 rings (SSSR count). The number of esters is 1. The smallest absolute Gasteiger partial charge is 0.460 e. The fourth-order valence-electron chi connectivity index (χ4n) is 3.55. The lowest BCUT2D eigenvalue weighted by molar-refractivity contribution is -0.149. The third kappa shape index (κ3) is 7.32. The van der Waals surface area contributed by atoms with Gasteiger partial charge in [-0.1, -0.05) is 18.2 Å². The molecule has 1 aromatic heterocycles. The molecular weight excluding hydrogens is 538 g/mol. The number of nitrogens with zero attached hydrogens (tertiary/aromatic N) is 1. The normalized spacial score (nSPS) is 22.7. The van der Waals surface area contributed by atoms with Gasteiger partial charge in [0.25, 0.3) is 12.0 Å². The van der Waals surface area contributed by atoms with Gasteiger partial charge >= 0.3 is 19.4 Å². The third-order valence-corrected chi connectivity index (χ3v) is 6.91. The Morgan fingerprint density at radius 2 is 1.89 bits per heavy atom. The first kappa shape index (κ1) is 29.6. The van der Waals surface area contributed by atoms with Crippen molar-refractivity contribution in [3.8, 4) is 5.75 Å². The van der Waals surface area contributed by atoms with Crippen LogP contribution in [0.25, 0.3) is 0 Å². The highest BCUT2D eigenvalue weighted by molar-refractivity contribution is 7.52. The van der Waals surface area contributed by atoms with E-state index in [1.165, 1.54) is 31.2 Å². The minimum absolute atomic E-state index is 0.0539. The van der Waals surface area contributed by atoms with E-state index in [1.54, 1.807) is 24.9 Å². The van der Waals surface area contributed by atoms with Crippen LogP contribution in [-0.4, -0.2) is 57.5 Å². The molecule has 1 unspecified atom stereocenters. The molecule has 210 valence electrons. The second kappa shape index (κ2) is 12.3. The van der Waals surface area contributed by atoms with E-state index in [-0.39, 0.29) is 5.75 Å². The first-order valence-corrected chi connectivity index (χ1v) is 13.0. The number of rotatable bonds is 11. The van der Waals surface area contributed by atoms with E-state index in [0.717, 1.165) is 0 Å². The van der Waals surface area contributed by atoms with Crippen molar-refractivity contribution in [1.82, 2.24) is 14.6 Å². The first-order valence-electron chi connectivity index (χ1n) is 11.4. The fraction of sp³-hybridized carbons (Fsp3) is 0.500. The summed E-state index contributed by atoms with van der Waals surface area (Å²) in [6, 6.07) is 6.02. The Morgan fingerprint density at radius 1 is 1.24 bits per heavy atom. The molecule has 0 aliphatic carbocycles. The Kier molecular flexibility index (Phi) is 9.54. The van der Waals surface area contributed by atoms with Crippen molar-refractivity contribution in [2.75, 3.05) is 0 Å². The van der Waals surface area contributed by atoms with Crippen LogP contribution in [0.2, 0.25) is 0 Å². The summed E-state index contributed by atoms with van der Waals surface area (Å²) in [6.45, 7) is 4.40. The highest BCUT2D eigenvalue weighted by Crippen LogP contribution is 2.49. The zero-order chi connectivity index (χ0) is 28.2. The number of hydrogen-bond donors (Lipinski definition) is 3. The molecule has 6 atom stereocenters. The van der Waals surface area contributed by atoms with Crippen molar-refractivity contribution in [3.05, 3.63) is 63.2 Å². The van der Waals surface area contributed by atoms with Gasteiger partial charge in [-0.15, -0.1) is 0 Å². The number of H-pyrrole nitrogens is 1. The van der Waals surface area contributed by atoms with E-state index in [1.807, 2.05) is 0 Å². The Labute approximate surface area is 214 Å². The molecule has 2 aromatic rings. The third-order valence-electron chi connectivity index (χ3n) is 5.23. The number of carbonyl (C=O) groups is 1. The molecule has 1 aliphatic rings. The quantitative estimate of drug-likeness (QED) is 0.272. The fourth-order valence-corrected chi connectivity index (χ4v) is 5.22. The van der Waals surface area contributed by atoms with Gasteiger partial charge in [0.2, 0.25) is 5.82 Å². The summed E-state index contributed by atoms with van der Waals surface area (Å²) >= 11 is 0. The number of carbonyl (C=O) groups excluding carboxylic acids is 1. The molecule has 0 saturated carbocycles. The van der Waals surface area contributed by atoms with Gasteiger partial charge in [-0.2, -0.15) is 9.48 Å². The maximum absolute atomic E-state index is 14.2. The molecule has 2 heterocycles. The molecule has 1 aromatic carbocycles. The molecule has 1 fully saturated rings. The van der Waals surface area contributed by atoms with Gasteiger partial charge < -0.3 is 19.1 Å². The topological polar surface area (TPSA) is 158 Å². The van der Waals surface area contributed by atoms with Gasteiger partial charge in [0.1, 0.15) is 24.1 Å². The van der Waals surface area contributed by atoms with Gasteiger partial charge in [-0.25, -0.2) is 18.1 Å². The molecule has 0 radical (unpaired) electrons. The summed E-state index contributed by atoms with van der Waals surface area (Å²) in [5.74, 6) is -2.27. The molecule has 0 amide bonds. The number of halogens is 3. The summed E-state index contributed by atoms with van der Waals surface area (Å²) in [5, 5.41) is 12.7. The molecule has 0 bridgehead atoms. The van der Waals surface area contributed by atoms with E-state index in [0.29, 0.717) is 10.8 Å². The van der Waals surface area contributed by atoms with Gasteiger partial charge in [-0.05, 0) is 32.9 Å². The molecular formula is C22H27F3N3O9P. The molecule has 3 N–H and O–H groups in total. The minimum Gasteiger partial charge on any atom is -0.462 e. The van der Waals surface area contributed by atoms with Gasteiger partial charge in [0.05, 0.1) is 18.4 Å². The first-order chi connectivity index (χ1) is 17.8. The van der Waals surface area contributed by atoms with Gasteiger partial charge in [0, 0.05) is 6.42 Å². The number of para-hydroxylation sites is 1. The molecule has 16 heteroatoms. The summed E-state index contributed by atoms with van der Waals surface area (Å²) in [7, 11) is -4.80. The van der Waals surface area contributed by atoms with Gasteiger partial charge in [-0.3, -0.25) is 23.7 Å². The average Bonchev–Trinajstić information content (AvgIpc) is 3.20. The van der Waals surface area contributed by atoms with Crippen LogP contribution in [0.3, 0.4) is 0 Å². The van der Waals surface area contributed by atoms with Crippen molar-refractivity contribution in [2.24, 2.45) is 0 Å². The van der Waals surface area contributed by atoms with Crippen molar-refractivity contribution in [1.29, 1.82) is 0 Å². The standard InChI is InChI=1S/C22H27F3N3O9P/c1-11(2)34-21(31)12(3)27-38(33,36-13-7-5-4-6-8-13)37-18(19(24)25)17-15(29)9-16(35-17)28-10-14(23)20(30)26-22(28)32/h4-8,10-12,15-19,29H,9H2,1-3H3,(H,27,33)(H,26,30,32)/t12-,15?,16+,17-,18-,38-/m0/s1. The second-order valence-electron chi connectivity index (χ2n) is 8.64. The zero-order valence-corrected chi connectivity index (χ0v) is 21.3. The van der Waals surface area contributed by atoms with Crippen molar-refractivity contribution >= 4 is 13.7 Å². The Balaban J connectivity index is 1.89. The highest BCUT2D eigenvalue weighted by atomic mass is 31.2. The lowest BCUT2D eigenvalue weighted by atomic mass is 10.1. The van der Waals surface area contributed by atoms with E-state index < -0.39 is 80.3 Å². The number of alkyl halides is 2. The predicted octanol–water partition coefficient (Wildman–Crippen LogP) is 2.09. The van der Waals surface area contributed by atoms with Crippen molar-refractivity contribution in [2.45, 2.75) is 70.3 Å². The van der Waals surface area contributed by atoms with Crippen molar-refractivity contribution in [3.63, 3.8) is 0 Å². The molecule has 1 saturated heterocycles.